The number of amides is 2. The number of ether oxygens (including phenoxy) is 1. The van der Waals surface area contributed by atoms with Crippen LogP contribution in [-0.2, 0) is 14.3 Å². The Morgan fingerprint density at radius 1 is 1.19 bits per heavy atom. The molecule has 0 spiro atoms. The van der Waals surface area contributed by atoms with Crippen LogP contribution in [0.15, 0.2) is 18.2 Å². The number of nitrogens with zero attached hydrogens (tertiary/aromatic N) is 1. The Labute approximate surface area is 158 Å². The Balaban J connectivity index is 1.44. The van der Waals surface area contributed by atoms with Gasteiger partial charge < -0.3 is 15.0 Å². The fourth-order valence-electron chi connectivity index (χ4n) is 3.77. The zero-order chi connectivity index (χ0) is 19.2. The van der Waals surface area contributed by atoms with Crippen LogP contribution in [0.4, 0.5) is 14.5 Å². The van der Waals surface area contributed by atoms with E-state index in [4.69, 9.17) is 4.74 Å². The molecule has 148 valence electrons. The molecule has 0 bridgehead atoms. The molecule has 1 aliphatic heterocycles. The standard InChI is InChI=1S/C20H26F2N2O3/c21-15-7-8-18(17(22)12-15)24-13-14(11-19(24)25)20(26)23-9-10-27-16-5-3-1-2-4-6-16/h7-8,12,14,16H,1-6,9-11,13H2,(H,23,26)/t14-/m0/s1. The van der Waals surface area contributed by atoms with Crippen molar-refractivity contribution in [2.75, 3.05) is 24.6 Å². The molecule has 1 heterocycles. The maximum atomic E-state index is 13.9. The molecule has 0 aromatic heterocycles. The lowest BCUT2D eigenvalue weighted by molar-refractivity contribution is -0.126. The Morgan fingerprint density at radius 2 is 1.93 bits per heavy atom. The summed E-state index contributed by atoms with van der Waals surface area (Å²) in [6, 6.07) is 3.06. The normalized spacial score (nSPS) is 21.3. The zero-order valence-corrected chi connectivity index (χ0v) is 15.4. The first-order valence-corrected chi connectivity index (χ1v) is 9.69. The van der Waals surface area contributed by atoms with Gasteiger partial charge >= 0.3 is 0 Å². The van der Waals surface area contributed by atoms with Crippen molar-refractivity contribution in [3.63, 3.8) is 0 Å². The first-order valence-electron chi connectivity index (χ1n) is 9.69. The molecule has 27 heavy (non-hydrogen) atoms. The van der Waals surface area contributed by atoms with Crippen LogP contribution in [0.2, 0.25) is 0 Å². The van der Waals surface area contributed by atoms with Gasteiger partial charge in [0.2, 0.25) is 11.8 Å². The summed E-state index contributed by atoms with van der Waals surface area (Å²) in [5, 5.41) is 2.80. The molecule has 1 saturated carbocycles. The lowest BCUT2D eigenvalue weighted by Gasteiger charge is -2.18. The van der Waals surface area contributed by atoms with E-state index < -0.39 is 17.6 Å². The fraction of sp³-hybridized carbons (Fsp3) is 0.600. The van der Waals surface area contributed by atoms with Gasteiger partial charge in [-0.1, -0.05) is 25.7 Å². The molecule has 3 rings (SSSR count). The van der Waals surface area contributed by atoms with Gasteiger partial charge in [0.1, 0.15) is 11.6 Å². The van der Waals surface area contributed by atoms with Crippen molar-refractivity contribution in [1.82, 2.24) is 5.32 Å². The van der Waals surface area contributed by atoms with E-state index in [0.717, 1.165) is 25.0 Å². The van der Waals surface area contributed by atoms with Gasteiger partial charge in [0.25, 0.3) is 0 Å². The van der Waals surface area contributed by atoms with E-state index in [0.29, 0.717) is 13.2 Å². The number of halogens is 2. The van der Waals surface area contributed by atoms with E-state index in [2.05, 4.69) is 5.32 Å². The van der Waals surface area contributed by atoms with Crippen LogP contribution in [0.25, 0.3) is 0 Å². The number of nitrogens with one attached hydrogen (secondary N) is 1. The van der Waals surface area contributed by atoms with Crippen molar-refractivity contribution in [2.45, 2.75) is 51.0 Å². The molecule has 1 atom stereocenters. The highest BCUT2D eigenvalue weighted by molar-refractivity contribution is 6.00. The Morgan fingerprint density at radius 3 is 2.63 bits per heavy atom. The van der Waals surface area contributed by atoms with Gasteiger partial charge in [-0.15, -0.1) is 0 Å². The largest absolute Gasteiger partial charge is 0.376 e. The Hall–Kier alpha value is -2.02. The highest BCUT2D eigenvalue weighted by Crippen LogP contribution is 2.28. The van der Waals surface area contributed by atoms with E-state index in [9.17, 15) is 18.4 Å². The topological polar surface area (TPSA) is 58.6 Å². The molecular formula is C20H26F2N2O3. The van der Waals surface area contributed by atoms with E-state index in [1.165, 1.54) is 36.6 Å². The van der Waals surface area contributed by atoms with Crippen LogP contribution in [0.5, 0.6) is 0 Å². The third-order valence-electron chi connectivity index (χ3n) is 5.25. The summed E-state index contributed by atoms with van der Waals surface area (Å²) >= 11 is 0. The highest BCUT2D eigenvalue weighted by atomic mass is 19.1. The first kappa shape index (κ1) is 19.7. The molecule has 5 nitrogen and oxygen atoms in total. The molecule has 7 heteroatoms. The van der Waals surface area contributed by atoms with Crippen molar-refractivity contribution in [3.8, 4) is 0 Å². The maximum Gasteiger partial charge on any atom is 0.227 e. The van der Waals surface area contributed by atoms with E-state index in [1.54, 1.807) is 0 Å². The van der Waals surface area contributed by atoms with Crippen molar-refractivity contribution in [2.24, 2.45) is 5.92 Å². The van der Waals surface area contributed by atoms with Crippen molar-refractivity contribution < 1.29 is 23.1 Å². The number of benzene rings is 1. The predicted molar refractivity (Wildman–Crippen MR) is 97.3 cm³/mol. The van der Waals surface area contributed by atoms with Crippen LogP contribution in [0.1, 0.15) is 44.9 Å². The van der Waals surface area contributed by atoms with Gasteiger partial charge in [-0.25, -0.2) is 8.78 Å². The molecule has 2 amide bonds. The zero-order valence-electron chi connectivity index (χ0n) is 15.4. The Kier molecular flexibility index (Phi) is 6.77. The monoisotopic (exact) mass is 380 g/mol. The molecule has 0 radical (unpaired) electrons. The van der Waals surface area contributed by atoms with Crippen LogP contribution in [-0.4, -0.2) is 37.6 Å². The maximum absolute atomic E-state index is 13.9. The van der Waals surface area contributed by atoms with Gasteiger partial charge in [0, 0.05) is 25.6 Å². The summed E-state index contributed by atoms with van der Waals surface area (Å²) in [6.07, 6.45) is 7.34. The van der Waals surface area contributed by atoms with Gasteiger partial charge in [-0.05, 0) is 25.0 Å². The SMILES string of the molecule is O=C(NCCOC1CCCCCC1)[C@H]1CC(=O)N(c2ccc(F)cc2F)C1. The second kappa shape index (κ2) is 9.26. The van der Waals surface area contributed by atoms with E-state index in [-0.39, 0.29) is 36.6 Å². The lowest BCUT2D eigenvalue weighted by Crippen LogP contribution is -2.35. The van der Waals surface area contributed by atoms with Crippen LogP contribution < -0.4 is 10.2 Å². The predicted octanol–water partition coefficient (Wildman–Crippen LogP) is 3.17. The number of carbonyl (C=O) groups excluding carboxylic acids is 2. The molecule has 1 aliphatic carbocycles. The molecule has 2 aliphatic rings. The molecule has 1 N–H and O–H groups in total. The average molecular weight is 380 g/mol. The fourth-order valence-corrected chi connectivity index (χ4v) is 3.77. The number of rotatable bonds is 6. The molecular weight excluding hydrogens is 354 g/mol. The van der Waals surface area contributed by atoms with Gasteiger partial charge in [-0.2, -0.15) is 0 Å². The summed E-state index contributed by atoms with van der Waals surface area (Å²) in [4.78, 5) is 25.7. The minimum atomic E-state index is -0.804. The smallest absolute Gasteiger partial charge is 0.227 e. The van der Waals surface area contributed by atoms with E-state index in [1.807, 2.05) is 0 Å². The van der Waals surface area contributed by atoms with Crippen LogP contribution in [0.3, 0.4) is 0 Å². The molecule has 1 saturated heterocycles. The second-order valence-corrected chi connectivity index (χ2v) is 7.28. The van der Waals surface area contributed by atoms with Crippen LogP contribution >= 0.6 is 0 Å². The van der Waals surface area contributed by atoms with Crippen molar-refractivity contribution in [3.05, 3.63) is 29.8 Å². The second-order valence-electron chi connectivity index (χ2n) is 7.28. The molecule has 1 aromatic rings. The van der Waals surface area contributed by atoms with Crippen LogP contribution in [0, 0.1) is 17.6 Å². The minimum Gasteiger partial charge on any atom is -0.376 e. The number of anilines is 1. The highest BCUT2D eigenvalue weighted by Gasteiger charge is 2.36. The number of hydrogen-bond acceptors (Lipinski definition) is 3. The molecule has 0 unspecified atom stereocenters. The van der Waals surface area contributed by atoms with E-state index >= 15 is 0 Å². The number of carbonyl (C=O) groups is 2. The summed E-state index contributed by atoms with van der Waals surface area (Å²) in [6.45, 7) is 0.939. The summed E-state index contributed by atoms with van der Waals surface area (Å²) in [7, 11) is 0. The van der Waals surface area contributed by atoms with Gasteiger partial charge in [-0.3, -0.25) is 9.59 Å². The Bertz CT molecular complexity index is 675. The first-order chi connectivity index (χ1) is 13.0. The molecule has 2 fully saturated rings. The third kappa shape index (κ3) is 5.25. The third-order valence-corrected chi connectivity index (χ3v) is 5.25. The van der Waals surface area contributed by atoms with Crippen molar-refractivity contribution in [1.29, 1.82) is 0 Å². The van der Waals surface area contributed by atoms with Crippen molar-refractivity contribution >= 4 is 17.5 Å². The van der Waals surface area contributed by atoms with Gasteiger partial charge in [0.05, 0.1) is 24.3 Å². The lowest BCUT2D eigenvalue weighted by atomic mass is 10.1. The quantitative estimate of drug-likeness (QED) is 0.609. The minimum absolute atomic E-state index is 0.00777. The average Bonchev–Trinajstić information content (AvgIpc) is 2.85. The summed E-state index contributed by atoms with van der Waals surface area (Å²) in [5.41, 5.74) is 0.00777. The summed E-state index contributed by atoms with van der Waals surface area (Å²) < 4.78 is 32.8. The molecule has 1 aromatic carbocycles. The van der Waals surface area contributed by atoms with Gasteiger partial charge in [0.15, 0.2) is 0 Å². The summed E-state index contributed by atoms with van der Waals surface area (Å²) in [5.74, 6) is -2.62. The number of hydrogen-bond donors (Lipinski definition) is 1.